The highest BCUT2D eigenvalue weighted by Gasteiger charge is 2.21. The van der Waals surface area contributed by atoms with Crippen molar-refractivity contribution >= 4 is 29.3 Å². The van der Waals surface area contributed by atoms with Gasteiger partial charge in [-0.05, 0) is 17.7 Å². The molecule has 2 heterocycles. The number of rotatable bonds is 8. The number of thioether (sulfide) groups is 1. The first-order valence-electron chi connectivity index (χ1n) is 11.2. The maximum atomic E-state index is 12.7. The van der Waals surface area contributed by atoms with Gasteiger partial charge in [0.2, 0.25) is 11.8 Å². The number of aromatic amines is 1. The quantitative estimate of drug-likeness (QED) is 0.381. The average molecular weight is 478 g/mol. The molecule has 1 aliphatic rings. The topological polar surface area (TPSA) is 98.4 Å². The van der Waals surface area contributed by atoms with E-state index >= 15 is 0 Å². The maximum absolute atomic E-state index is 12.7. The van der Waals surface area contributed by atoms with E-state index in [2.05, 4.69) is 32.3 Å². The molecule has 1 aliphatic heterocycles. The van der Waals surface area contributed by atoms with E-state index in [1.165, 1.54) is 17.8 Å². The van der Waals surface area contributed by atoms with Crippen molar-refractivity contribution < 1.29 is 9.59 Å². The number of para-hydroxylation sites is 1. The standard InChI is InChI=1S/C25H27N5O3S/c31-22(26-17-19-7-3-1-4-8-19)15-20-16-23(32)28-25(27-20)34-18-24(33)30-13-11-29(12-14-30)21-9-5-2-6-10-21/h1-10,16H,11-15,17-18H2,(H,26,31)(H,27,28,32). The second-order valence-corrected chi connectivity index (χ2v) is 8.94. The number of anilines is 1. The van der Waals surface area contributed by atoms with Crippen LogP contribution in [0.15, 0.2) is 76.7 Å². The summed E-state index contributed by atoms with van der Waals surface area (Å²) in [7, 11) is 0. The van der Waals surface area contributed by atoms with Gasteiger partial charge in [-0.1, -0.05) is 60.3 Å². The third kappa shape index (κ3) is 6.71. The van der Waals surface area contributed by atoms with Crippen molar-refractivity contribution in [3.63, 3.8) is 0 Å². The van der Waals surface area contributed by atoms with Crippen LogP contribution in [0.3, 0.4) is 0 Å². The molecule has 3 aromatic rings. The molecule has 1 aromatic heterocycles. The van der Waals surface area contributed by atoms with Crippen LogP contribution in [0.25, 0.3) is 0 Å². The fourth-order valence-electron chi connectivity index (χ4n) is 3.74. The van der Waals surface area contributed by atoms with Gasteiger partial charge in [-0.15, -0.1) is 0 Å². The first-order chi connectivity index (χ1) is 16.6. The number of aromatic nitrogens is 2. The summed E-state index contributed by atoms with van der Waals surface area (Å²) in [5, 5.41) is 3.17. The number of carbonyl (C=O) groups excluding carboxylic acids is 2. The van der Waals surface area contributed by atoms with Crippen LogP contribution in [-0.4, -0.2) is 58.6 Å². The Morgan fingerprint density at radius 2 is 1.65 bits per heavy atom. The molecule has 34 heavy (non-hydrogen) atoms. The van der Waals surface area contributed by atoms with Gasteiger partial charge in [0.15, 0.2) is 5.16 Å². The fourth-order valence-corrected chi connectivity index (χ4v) is 4.54. The molecule has 8 nitrogen and oxygen atoms in total. The minimum absolute atomic E-state index is 0.000292. The molecular formula is C25H27N5O3S. The molecule has 2 aromatic carbocycles. The van der Waals surface area contributed by atoms with Gasteiger partial charge in [0.25, 0.3) is 5.56 Å². The van der Waals surface area contributed by atoms with E-state index < -0.39 is 0 Å². The van der Waals surface area contributed by atoms with Crippen LogP contribution in [0.1, 0.15) is 11.3 Å². The number of nitrogens with zero attached hydrogens (tertiary/aromatic N) is 3. The molecule has 176 valence electrons. The number of benzene rings is 2. The van der Waals surface area contributed by atoms with E-state index in [0.29, 0.717) is 30.5 Å². The molecular weight excluding hydrogens is 450 g/mol. The Labute approximate surface area is 202 Å². The van der Waals surface area contributed by atoms with Gasteiger partial charge in [0, 0.05) is 44.5 Å². The summed E-state index contributed by atoms with van der Waals surface area (Å²) in [6.45, 7) is 3.28. The molecule has 2 amide bonds. The number of hydrogen-bond acceptors (Lipinski definition) is 6. The summed E-state index contributed by atoms with van der Waals surface area (Å²) < 4.78 is 0. The third-order valence-electron chi connectivity index (χ3n) is 5.53. The van der Waals surface area contributed by atoms with Crippen molar-refractivity contribution in [2.24, 2.45) is 0 Å². The smallest absolute Gasteiger partial charge is 0.251 e. The Morgan fingerprint density at radius 1 is 0.971 bits per heavy atom. The SMILES string of the molecule is O=C(Cc1cc(=O)[nH]c(SCC(=O)N2CCN(c3ccccc3)CC2)n1)NCc1ccccc1. The zero-order valence-corrected chi connectivity index (χ0v) is 19.6. The lowest BCUT2D eigenvalue weighted by molar-refractivity contribution is -0.128. The van der Waals surface area contributed by atoms with E-state index in [0.717, 1.165) is 24.3 Å². The van der Waals surface area contributed by atoms with Gasteiger partial charge in [0.05, 0.1) is 17.9 Å². The lowest BCUT2D eigenvalue weighted by Crippen LogP contribution is -2.49. The minimum Gasteiger partial charge on any atom is -0.368 e. The first kappa shape index (κ1) is 23.6. The van der Waals surface area contributed by atoms with Crippen LogP contribution in [0.5, 0.6) is 0 Å². The van der Waals surface area contributed by atoms with Crippen LogP contribution < -0.4 is 15.8 Å². The number of piperazine rings is 1. The summed E-state index contributed by atoms with van der Waals surface area (Å²) in [6, 6.07) is 21.1. The number of H-pyrrole nitrogens is 1. The van der Waals surface area contributed by atoms with Crippen molar-refractivity contribution in [3.8, 4) is 0 Å². The van der Waals surface area contributed by atoms with E-state index in [1.807, 2.05) is 53.4 Å². The lowest BCUT2D eigenvalue weighted by atomic mass is 10.2. The zero-order chi connectivity index (χ0) is 23.8. The predicted octanol–water partition coefficient (Wildman–Crippen LogP) is 2.07. The van der Waals surface area contributed by atoms with Gasteiger partial charge in [-0.25, -0.2) is 4.98 Å². The van der Waals surface area contributed by atoms with Crippen molar-refractivity contribution in [3.05, 3.63) is 88.3 Å². The Hall–Kier alpha value is -3.59. The largest absolute Gasteiger partial charge is 0.368 e. The van der Waals surface area contributed by atoms with Gasteiger partial charge in [-0.2, -0.15) is 0 Å². The molecule has 1 fully saturated rings. The van der Waals surface area contributed by atoms with E-state index in [-0.39, 0.29) is 29.5 Å². The third-order valence-corrected chi connectivity index (χ3v) is 6.39. The van der Waals surface area contributed by atoms with Gasteiger partial charge < -0.3 is 20.1 Å². The van der Waals surface area contributed by atoms with Gasteiger partial charge in [0.1, 0.15) is 0 Å². The first-order valence-corrected chi connectivity index (χ1v) is 12.2. The number of carbonyl (C=O) groups is 2. The Kier molecular flexibility index (Phi) is 7.98. The van der Waals surface area contributed by atoms with Gasteiger partial charge >= 0.3 is 0 Å². The second-order valence-electron chi connectivity index (χ2n) is 7.97. The van der Waals surface area contributed by atoms with Gasteiger partial charge in [-0.3, -0.25) is 14.4 Å². The van der Waals surface area contributed by atoms with E-state index in [4.69, 9.17) is 0 Å². The predicted molar refractivity (Wildman–Crippen MR) is 133 cm³/mol. The van der Waals surface area contributed by atoms with E-state index in [1.54, 1.807) is 0 Å². The maximum Gasteiger partial charge on any atom is 0.251 e. The van der Waals surface area contributed by atoms with E-state index in [9.17, 15) is 14.4 Å². The minimum atomic E-state index is -0.340. The molecule has 0 unspecified atom stereocenters. The molecule has 9 heteroatoms. The van der Waals surface area contributed by atoms with Crippen molar-refractivity contribution in [2.75, 3.05) is 36.8 Å². The Morgan fingerprint density at radius 3 is 2.35 bits per heavy atom. The lowest BCUT2D eigenvalue weighted by Gasteiger charge is -2.36. The molecule has 1 saturated heterocycles. The van der Waals surface area contributed by atoms with Crippen molar-refractivity contribution in [1.29, 1.82) is 0 Å². The normalized spacial score (nSPS) is 13.5. The van der Waals surface area contributed by atoms with Crippen LogP contribution in [0.2, 0.25) is 0 Å². The zero-order valence-electron chi connectivity index (χ0n) is 18.8. The number of amides is 2. The molecule has 4 rings (SSSR count). The molecule has 0 atom stereocenters. The number of nitrogens with one attached hydrogen (secondary N) is 2. The van der Waals surface area contributed by atoms with Crippen LogP contribution in [0.4, 0.5) is 5.69 Å². The number of hydrogen-bond donors (Lipinski definition) is 2. The summed E-state index contributed by atoms with van der Waals surface area (Å²) in [4.78, 5) is 48.1. The molecule has 0 saturated carbocycles. The molecule has 0 bridgehead atoms. The second kappa shape index (κ2) is 11.5. The average Bonchev–Trinajstić information content (AvgIpc) is 2.87. The highest BCUT2D eigenvalue weighted by molar-refractivity contribution is 7.99. The molecule has 0 radical (unpaired) electrons. The summed E-state index contributed by atoms with van der Waals surface area (Å²) in [5.41, 5.74) is 2.19. The summed E-state index contributed by atoms with van der Waals surface area (Å²) in [6.07, 6.45) is -0.000292. The highest BCUT2D eigenvalue weighted by Crippen LogP contribution is 2.17. The van der Waals surface area contributed by atoms with Crippen LogP contribution in [0, 0.1) is 0 Å². The fraction of sp³-hybridized carbons (Fsp3) is 0.280. The summed E-state index contributed by atoms with van der Waals surface area (Å²) in [5.74, 6) is -0.0329. The van der Waals surface area contributed by atoms with Crippen LogP contribution in [-0.2, 0) is 22.6 Å². The summed E-state index contributed by atoms with van der Waals surface area (Å²) >= 11 is 1.18. The Balaban J connectivity index is 1.26. The molecule has 0 aliphatic carbocycles. The highest BCUT2D eigenvalue weighted by atomic mass is 32.2. The van der Waals surface area contributed by atoms with Crippen LogP contribution >= 0.6 is 11.8 Å². The monoisotopic (exact) mass is 477 g/mol. The van der Waals surface area contributed by atoms with Crippen molar-refractivity contribution in [1.82, 2.24) is 20.2 Å². The van der Waals surface area contributed by atoms with Crippen molar-refractivity contribution in [2.45, 2.75) is 18.1 Å². The Bertz CT molecular complexity index is 1160. The molecule has 0 spiro atoms. The molecule has 2 N–H and O–H groups in total.